The minimum atomic E-state index is -3.72. The summed E-state index contributed by atoms with van der Waals surface area (Å²) in [4.78, 5) is 13.9. The average Bonchev–Trinajstić information content (AvgIpc) is 3.33. The number of carbonyl (C=O) groups excluding carboxylic acids is 1. The number of amides is 1. The van der Waals surface area contributed by atoms with Crippen molar-refractivity contribution in [2.45, 2.75) is 36.8 Å². The molecule has 0 unspecified atom stereocenters. The maximum Gasteiger partial charge on any atom is 0.244 e. The highest BCUT2D eigenvalue weighted by Crippen LogP contribution is 2.34. The number of hydrogen-bond donors (Lipinski definition) is 0. The van der Waals surface area contributed by atoms with E-state index in [-0.39, 0.29) is 11.8 Å². The first-order valence-electron chi connectivity index (χ1n) is 7.71. The number of sulfone groups is 1. The van der Waals surface area contributed by atoms with Crippen molar-refractivity contribution in [2.75, 3.05) is 11.9 Å². The first-order chi connectivity index (χ1) is 11.4. The summed E-state index contributed by atoms with van der Waals surface area (Å²) in [7, 11) is -2.15. The van der Waals surface area contributed by atoms with Crippen LogP contribution in [0.15, 0.2) is 30.3 Å². The number of hydrogen-bond acceptors (Lipinski definition) is 6. The number of aromatic nitrogens is 4. The fraction of sp³-hybridized carbons (Fsp3) is 0.467. The van der Waals surface area contributed by atoms with Crippen molar-refractivity contribution in [1.82, 2.24) is 20.2 Å². The molecule has 1 aromatic carbocycles. The van der Waals surface area contributed by atoms with Crippen molar-refractivity contribution < 1.29 is 13.2 Å². The van der Waals surface area contributed by atoms with E-state index >= 15 is 0 Å². The van der Waals surface area contributed by atoms with Gasteiger partial charge in [0.05, 0.1) is 6.04 Å². The summed E-state index contributed by atoms with van der Waals surface area (Å²) < 4.78 is 26.8. The van der Waals surface area contributed by atoms with Crippen molar-refractivity contribution >= 4 is 21.4 Å². The minimum Gasteiger partial charge on any atom is -0.314 e. The zero-order chi connectivity index (χ0) is 17.3. The van der Waals surface area contributed by atoms with E-state index in [0.717, 1.165) is 12.8 Å². The summed E-state index contributed by atoms with van der Waals surface area (Å²) >= 11 is 0. The van der Waals surface area contributed by atoms with Gasteiger partial charge < -0.3 is 4.90 Å². The summed E-state index contributed by atoms with van der Waals surface area (Å²) in [5, 5.41) is 10.0. The summed E-state index contributed by atoms with van der Waals surface area (Å²) in [6.45, 7) is 1.41. The van der Waals surface area contributed by atoms with E-state index in [1.807, 2.05) is 6.07 Å². The highest BCUT2D eigenvalue weighted by molar-refractivity contribution is 7.92. The number of carbonyl (C=O) groups is 1. The molecule has 1 aliphatic carbocycles. The van der Waals surface area contributed by atoms with Crippen LogP contribution in [0.1, 0.15) is 31.6 Å². The molecule has 9 heteroatoms. The molecule has 1 amide bonds. The van der Waals surface area contributed by atoms with Gasteiger partial charge in [-0.1, -0.05) is 18.2 Å². The fourth-order valence-corrected chi connectivity index (χ4v) is 3.69. The third-order valence-corrected chi connectivity index (χ3v) is 6.08. The molecule has 3 rings (SSSR count). The Hall–Kier alpha value is -2.29. The van der Waals surface area contributed by atoms with Gasteiger partial charge in [-0.25, -0.2) is 13.1 Å². The second-order valence-electron chi connectivity index (χ2n) is 5.95. The van der Waals surface area contributed by atoms with Crippen LogP contribution in [0.4, 0.5) is 5.69 Å². The third-order valence-electron chi connectivity index (χ3n) is 4.14. The Morgan fingerprint density at radius 1 is 1.33 bits per heavy atom. The highest BCUT2D eigenvalue weighted by Gasteiger charge is 2.35. The molecule has 1 fully saturated rings. The number of tetrazole rings is 1. The van der Waals surface area contributed by atoms with Crippen molar-refractivity contribution in [3.63, 3.8) is 0 Å². The Balaban J connectivity index is 1.76. The molecule has 1 saturated carbocycles. The van der Waals surface area contributed by atoms with Crippen LogP contribution in [0.5, 0.6) is 0 Å². The molecule has 1 aromatic heterocycles. The Morgan fingerprint density at radius 2 is 2.00 bits per heavy atom. The van der Waals surface area contributed by atoms with Gasteiger partial charge in [0.15, 0.2) is 15.7 Å². The monoisotopic (exact) mass is 349 g/mol. The molecule has 0 spiro atoms. The molecule has 8 nitrogen and oxygen atoms in total. The number of benzene rings is 1. The van der Waals surface area contributed by atoms with Crippen molar-refractivity contribution in [3.05, 3.63) is 36.2 Å². The van der Waals surface area contributed by atoms with Crippen molar-refractivity contribution in [2.24, 2.45) is 0 Å². The van der Waals surface area contributed by atoms with Gasteiger partial charge in [0.1, 0.15) is 11.0 Å². The predicted molar refractivity (Wildman–Crippen MR) is 88.0 cm³/mol. The van der Waals surface area contributed by atoms with E-state index in [0.29, 0.717) is 11.5 Å². The van der Waals surface area contributed by atoms with Gasteiger partial charge in [0.2, 0.25) is 5.91 Å². The zero-order valence-corrected chi connectivity index (χ0v) is 14.3. The Kier molecular flexibility index (Phi) is 4.35. The Morgan fingerprint density at radius 3 is 2.62 bits per heavy atom. The predicted octanol–water partition coefficient (Wildman–Crippen LogP) is 0.974. The second kappa shape index (κ2) is 6.31. The minimum absolute atomic E-state index is 0.184. The van der Waals surface area contributed by atoms with Crippen LogP contribution in [0, 0.1) is 0 Å². The van der Waals surface area contributed by atoms with Crippen LogP contribution < -0.4 is 4.90 Å². The summed E-state index contributed by atoms with van der Waals surface area (Å²) in [5.74, 6) is -0.530. The molecule has 128 valence electrons. The largest absolute Gasteiger partial charge is 0.314 e. The van der Waals surface area contributed by atoms with Crippen LogP contribution in [0.3, 0.4) is 0 Å². The lowest BCUT2D eigenvalue weighted by Gasteiger charge is -2.21. The summed E-state index contributed by atoms with van der Waals surface area (Å²) in [6.07, 6.45) is 1.90. The number of rotatable bonds is 6. The normalized spacial score (nSPS) is 15.9. The van der Waals surface area contributed by atoms with Gasteiger partial charge in [0.25, 0.3) is 0 Å². The molecule has 0 radical (unpaired) electrons. The molecular formula is C15H19N5O3S. The standard InChI is InChI=1S/C15H19N5O3S/c1-11(15(21)19(2)12-6-4-3-5-7-12)24(22,23)10-14-16-17-18-20(14)13-8-9-13/h3-7,11,13H,8-10H2,1-2H3/t11-/m1/s1. The lowest BCUT2D eigenvalue weighted by atomic mass is 10.3. The van der Waals surface area contributed by atoms with Gasteiger partial charge in [-0.2, -0.15) is 0 Å². The number of anilines is 1. The van der Waals surface area contributed by atoms with E-state index in [2.05, 4.69) is 15.5 Å². The molecule has 2 aromatic rings. The van der Waals surface area contributed by atoms with Gasteiger partial charge in [-0.05, 0) is 42.3 Å². The highest BCUT2D eigenvalue weighted by atomic mass is 32.2. The molecule has 0 bridgehead atoms. The van der Waals surface area contributed by atoms with Gasteiger partial charge in [-0.15, -0.1) is 5.10 Å². The zero-order valence-electron chi connectivity index (χ0n) is 13.5. The maximum absolute atomic E-state index is 12.6. The van der Waals surface area contributed by atoms with Crippen molar-refractivity contribution in [3.8, 4) is 0 Å². The Bertz CT molecular complexity index is 830. The van der Waals surface area contributed by atoms with Crippen LogP contribution in [-0.2, 0) is 20.4 Å². The molecule has 0 N–H and O–H groups in total. The van der Waals surface area contributed by atoms with Crippen molar-refractivity contribution in [1.29, 1.82) is 0 Å². The topological polar surface area (TPSA) is 98.1 Å². The smallest absolute Gasteiger partial charge is 0.244 e. The molecule has 1 atom stereocenters. The van der Waals surface area contributed by atoms with Crippen LogP contribution in [-0.4, -0.2) is 46.8 Å². The van der Waals surface area contributed by atoms with E-state index in [1.165, 1.54) is 11.8 Å². The van der Waals surface area contributed by atoms with Gasteiger partial charge in [0, 0.05) is 12.7 Å². The quantitative estimate of drug-likeness (QED) is 0.771. The summed E-state index contributed by atoms with van der Waals surface area (Å²) in [6, 6.07) is 9.11. The second-order valence-corrected chi connectivity index (χ2v) is 8.27. The maximum atomic E-state index is 12.6. The van der Waals surface area contributed by atoms with Crippen LogP contribution in [0.25, 0.3) is 0 Å². The van der Waals surface area contributed by atoms with Crippen LogP contribution in [0.2, 0.25) is 0 Å². The first kappa shape index (κ1) is 16.6. The lowest BCUT2D eigenvalue weighted by molar-refractivity contribution is -0.117. The lowest BCUT2D eigenvalue weighted by Crippen LogP contribution is -2.40. The third kappa shape index (κ3) is 3.30. The summed E-state index contributed by atoms with van der Waals surface area (Å²) in [5.41, 5.74) is 0.646. The fourth-order valence-electron chi connectivity index (χ4n) is 2.42. The Labute approximate surface area is 140 Å². The van der Waals surface area contributed by atoms with Gasteiger partial charge in [-0.3, -0.25) is 4.79 Å². The molecule has 24 heavy (non-hydrogen) atoms. The van der Waals surface area contributed by atoms with Crippen LogP contribution >= 0.6 is 0 Å². The molecule has 1 aliphatic rings. The SMILES string of the molecule is C[C@H](C(=O)N(C)c1ccccc1)S(=O)(=O)Cc1nnnn1C1CC1. The van der Waals surface area contributed by atoms with E-state index in [9.17, 15) is 13.2 Å². The number of nitrogens with zero attached hydrogens (tertiary/aromatic N) is 5. The van der Waals surface area contributed by atoms with E-state index in [1.54, 1.807) is 36.0 Å². The molecule has 0 aliphatic heterocycles. The number of para-hydroxylation sites is 1. The van der Waals surface area contributed by atoms with E-state index < -0.39 is 21.0 Å². The molecule has 1 heterocycles. The molecular weight excluding hydrogens is 330 g/mol. The average molecular weight is 349 g/mol. The van der Waals surface area contributed by atoms with E-state index in [4.69, 9.17) is 0 Å². The van der Waals surface area contributed by atoms with Gasteiger partial charge >= 0.3 is 0 Å². The molecule has 0 saturated heterocycles. The first-order valence-corrected chi connectivity index (χ1v) is 9.42.